The van der Waals surface area contributed by atoms with E-state index in [1.54, 1.807) is 10.7 Å². The average Bonchev–Trinajstić information content (AvgIpc) is 3.19. The summed E-state index contributed by atoms with van der Waals surface area (Å²) < 4.78 is 7.94. The van der Waals surface area contributed by atoms with Crippen molar-refractivity contribution in [2.45, 2.75) is 33.0 Å². The molecular weight excluding hydrogens is 421 g/mol. The number of aryl methyl sites for hydroxylation is 1. The van der Waals surface area contributed by atoms with E-state index in [-0.39, 0.29) is 0 Å². The minimum atomic E-state index is 0.342. The molecule has 3 aromatic carbocycles. The second kappa shape index (κ2) is 9.32. The number of nitrogens with zero attached hydrogens (tertiary/aromatic N) is 4. The van der Waals surface area contributed by atoms with Crippen molar-refractivity contribution < 1.29 is 4.74 Å². The Bertz CT molecular complexity index is 1160. The van der Waals surface area contributed by atoms with E-state index in [9.17, 15) is 0 Å². The lowest BCUT2D eigenvalue weighted by molar-refractivity contribution is 0.304. The molecule has 154 valence electrons. The molecule has 0 bridgehead atoms. The van der Waals surface area contributed by atoms with E-state index in [4.69, 9.17) is 27.9 Å². The lowest BCUT2D eigenvalue weighted by Crippen LogP contribution is -2.10. The molecule has 1 aromatic heterocycles. The van der Waals surface area contributed by atoms with Crippen molar-refractivity contribution in [1.29, 1.82) is 0 Å². The molecule has 0 aliphatic rings. The van der Waals surface area contributed by atoms with Crippen LogP contribution in [-0.2, 0) is 19.7 Å². The van der Waals surface area contributed by atoms with Crippen LogP contribution in [0.5, 0.6) is 5.75 Å². The van der Waals surface area contributed by atoms with Crippen molar-refractivity contribution in [2.24, 2.45) is 0 Å². The number of ether oxygens (including phenoxy) is 1. The predicted octanol–water partition coefficient (Wildman–Crippen LogP) is 5.73. The largest absolute Gasteiger partial charge is 0.488 e. The van der Waals surface area contributed by atoms with Gasteiger partial charge in [-0.15, -0.1) is 0 Å². The second-order valence-corrected chi connectivity index (χ2v) is 7.71. The molecule has 30 heavy (non-hydrogen) atoms. The number of halogens is 2. The van der Waals surface area contributed by atoms with Gasteiger partial charge in [-0.3, -0.25) is 0 Å². The highest BCUT2D eigenvalue weighted by Gasteiger charge is 2.12. The maximum absolute atomic E-state index is 6.30. The van der Waals surface area contributed by atoms with Gasteiger partial charge in [0.2, 0.25) is 5.95 Å². The number of benzene rings is 3. The van der Waals surface area contributed by atoms with Gasteiger partial charge in [0.1, 0.15) is 12.4 Å². The third-order valence-electron chi connectivity index (χ3n) is 4.79. The average molecular weight is 442 g/mol. The third-order valence-corrected chi connectivity index (χ3v) is 5.37. The SMILES string of the molecule is CCCn1nnnc1NCc1c(OCc2ccc(Cl)cc2Cl)ccc2ccccc12. The van der Waals surface area contributed by atoms with Crippen LogP contribution in [0.1, 0.15) is 24.5 Å². The first-order valence-corrected chi connectivity index (χ1v) is 10.5. The fourth-order valence-corrected chi connectivity index (χ4v) is 3.75. The van der Waals surface area contributed by atoms with Crippen LogP contribution < -0.4 is 10.1 Å². The van der Waals surface area contributed by atoms with Gasteiger partial charge in [0.15, 0.2) is 0 Å². The predicted molar refractivity (Wildman–Crippen MR) is 120 cm³/mol. The van der Waals surface area contributed by atoms with Gasteiger partial charge >= 0.3 is 0 Å². The summed E-state index contributed by atoms with van der Waals surface area (Å²) in [6.07, 6.45) is 0.949. The molecule has 1 heterocycles. The van der Waals surface area contributed by atoms with Crippen molar-refractivity contribution >= 4 is 39.9 Å². The molecule has 0 saturated heterocycles. The number of rotatable bonds is 8. The Morgan fingerprint density at radius 3 is 2.77 bits per heavy atom. The molecule has 6 nitrogen and oxygen atoms in total. The highest BCUT2D eigenvalue weighted by molar-refractivity contribution is 6.35. The molecule has 0 aliphatic carbocycles. The molecule has 0 aliphatic heterocycles. The fourth-order valence-electron chi connectivity index (χ4n) is 3.29. The van der Waals surface area contributed by atoms with Crippen LogP contribution >= 0.6 is 23.2 Å². The summed E-state index contributed by atoms with van der Waals surface area (Å²) in [5, 5.41) is 18.7. The number of aromatic nitrogens is 4. The highest BCUT2D eigenvalue weighted by Crippen LogP contribution is 2.30. The molecule has 4 rings (SSSR count). The minimum Gasteiger partial charge on any atom is -0.488 e. The van der Waals surface area contributed by atoms with E-state index in [0.29, 0.717) is 29.1 Å². The molecule has 0 fully saturated rings. The Balaban J connectivity index is 1.61. The summed E-state index contributed by atoms with van der Waals surface area (Å²) in [6.45, 7) is 3.71. The standard InChI is InChI=1S/C22H21Cl2N5O/c1-2-11-29-22(26-27-28-29)25-13-19-18-6-4-3-5-15(18)8-10-21(19)30-14-16-7-9-17(23)12-20(16)24/h3-10,12H,2,11,13-14H2,1H3,(H,25,26,28). The van der Waals surface area contributed by atoms with Crippen LogP contribution in [0.3, 0.4) is 0 Å². The Hall–Kier alpha value is -2.83. The summed E-state index contributed by atoms with van der Waals surface area (Å²) in [7, 11) is 0. The lowest BCUT2D eigenvalue weighted by atomic mass is 10.0. The minimum absolute atomic E-state index is 0.342. The summed E-state index contributed by atoms with van der Waals surface area (Å²) in [5.41, 5.74) is 1.91. The molecule has 0 saturated carbocycles. The Morgan fingerprint density at radius 2 is 1.93 bits per heavy atom. The number of tetrazole rings is 1. The number of anilines is 1. The van der Waals surface area contributed by atoms with Gasteiger partial charge in [-0.05, 0) is 45.8 Å². The topological polar surface area (TPSA) is 64.9 Å². The number of fused-ring (bicyclic) bond motifs is 1. The molecule has 0 radical (unpaired) electrons. The van der Waals surface area contributed by atoms with Crippen molar-refractivity contribution in [3.63, 3.8) is 0 Å². The Morgan fingerprint density at radius 1 is 1.07 bits per heavy atom. The molecule has 4 aromatic rings. The van der Waals surface area contributed by atoms with E-state index in [1.807, 2.05) is 30.3 Å². The van der Waals surface area contributed by atoms with E-state index >= 15 is 0 Å². The Kier molecular flexibility index (Phi) is 6.35. The molecule has 8 heteroatoms. The Labute approximate surface area is 184 Å². The smallest absolute Gasteiger partial charge is 0.243 e. The molecule has 0 unspecified atom stereocenters. The molecule has 0 spiro atoms. The summed E-state index contributed by atoms with van der Waals surface area (Å²) in [5.74, 6) is 1.42. The van der Waals surface area contributed by atoms with Crippen LogP contribution in [0.25, 0.3) is 10.8 Å². The van der Waals surface area contributed by atoms with E-state index < -0.39 is 0 Å². The van der Waals surface area contributed by atoms with Gasteiger partial charge in [-0.1, -0.05) is 71.6 Å². The van der Waals surface area contributed by atoms with Crippen LogP contribution in [-0.4, -0.2) is 20.2 Å². The number of nitrogens with one attached hydrogen (secondary N) is 1. The first-order chi connectivity index (χ1) is 14.7. The van der Waals surface area contributed by atoms with Gasteiger partial charge in [0, 0.05) is 34.3 Å². The molecule has 0 atom stereocenters. The van der Waals surface area contributed by atoms with Gasteiger partial charge in [0.05, 0.1) is 0 Å². The summed E-state index contributed by atoms with van der Waals surface area (Å²) >= 11 is 12.3. The van der Waals surface area contributed by atoms with Crippen LogP contribution in [0, 0.1) is 0 Å². The maximum Gasteiger partial charge on any atom is 0.243 e. The fraction of sp³-hybridized carbons (Fsp3) is 0.227. The second-order valence-electron chi connectivity index (χ2n) is 6.87. The lowest BCUT2D eigenvalue weighted by Gasteiger charge is -2.16. The quantitative estimate of drug-likeness (QED) is 0.377. The molecule has 0 amide bonds. The van der Waals surface area contributed by atoms with Crippen molar-refractivity contribution in [2.75, 3.05) is 5.32 Å². The number of hydrogen-bond acceptors (Lipinski definition) is 5. The summed E-state index contributed by atoms with van der Waals surface area (Å²) in [6, 6.07) is 17.7. The molecular formula is C22H21Cl2N5O. The normalized spacial score (nSPS) is 11.0. The first-order valence-electron chi connectivity index (χ1n) is 9.73. The summed E-state index contributed by atoms with van der Waals surface area (Å²) in [4.78, 5) is 0. The first kappa shape index (κ1) is 20.4. The van der Waals surface area contributed by atoms with Crippen molar-refractivity contribution in [1.82, 2.24) is 20.2 Å². The molecule has 1 N–H and O–H groups in total. The van der Waals surface area contributed by atoms with Crippen molar-refractivity contribution in [3.05, 3.63) is 75.8 Å². The van der Waals surface area contributed by atoms with Gasteiger partial charge in [-0.25, -0.2) is 4.68 Å². The van der Waals surface area contributed by atoms with Crippen LogP contribution in [0.15, 0.2) is 54.6 Å². The van der Waals surface area contributed by atoms with E-state index in [1.165, 1.54) is 0 Å². The van der Waals surface area contributed by atoms with Gasteiger partial charge < -0.3 is 10.1 Å². The highest BCUT2D eigenvalue weighted by atomic mass is 35.5. The van der Waals surface area contributed by atoms with E-state index in [2.05, 4.69) is 46.0 Å². The van der Waals surface area contributed by atoms with Crippen LogP contribution in [0.2, 0.25) is 10.0 Å². The number of hydrogen-bond donors (Lipinski definition) is 1. The third kappa shape index (κ3) is 4.50. The van der Waals surface area contributed by atoms with Gasteiger partial charge in [-0.2, -0.15) is 0 Å². The van der Waals surface area contributed by atoms with Crippen LogP contribution in [0.4, 0.5) is 5.95 Å². The van der Waals surface area contributed by atoms with E-state index in [0.717, 1.165) is 40.6 Å². The zero-order chi connectivity index (χ0) is 20.9. The maximum atomic E-state index is 6.30. The monoisotopic (exact) mass is 441 g/mol. The van der Waals surface area contributed by atoms with Gasteiger partial charge in [0.25, 0.3) is 0 Å². The zero-order valence-electron chi connectivity index (χ0n) is 16.5. The van der Waals surface area contributed by atoms with Crippen molar-refractivity contribution in [3.8, 4) is 5.75 Å². The zero-order valence-corrected chi connectivity index (χ0v) is 18.0.